The van der Waals surface area contributed by atoms with Gasteiger partial charge in [-0.05, 0) is 43.0 Å². The summed E-state index contributed by atoms with van der Waals surface area (Å²) >= 11 is 6.02. The standard InChI is InChI=1S/C13H15ClO3/c1-8-10(6-9(14)7-11(8)17-2)13(12(15)16)4-3-5-13/h6-7H,3-5H2,1-2H3,(H,15,16). The molecule has 4 heteroatoms. The molecule has 1 aliphatic rings. The molecule has 0 heterocycles. The maximum atomic E-state index is 11.5. The summed E-state index contributed by atoms with van der Waals surface area (Å²) in [5.74, 6) is -0.115. The van der Waals surface area contributed by atoms with Crippen LogP contribution in [0.15, 0.2) is 12.1 Å². The maximum Gasteiger partial charge on any atom is 0.314 e. The lowest BCUT2D eigenvalue weighted by molar-refractivity contribution is -0.147. The molecular weight excluding hydrogens is 240 g/mol. The summed E-state index contributed by atoms with van der Waals surface area (Å²) < 4.78 is 5.23. The lowest BCUT2D eigenvalue weighted by Gasteiger charge is -2.39. The molecule has 92 valence electrons. The smallest absolute Gasteiger partial charge is 0.314 e. The third kappa shape index (κ3) is 1.78. The van der Waals surface area contributed by atoms with E-state index in [1.54, 1.807) is 19.2 Å². The van der Waals surface area contributed by atoms with Crippen molar-refractivity contribution in [2.75, 3.05) is 7.11 Å². The van der Waals surface area contributed by atoms with Crippen LogP contribution in [0.4, 0.5) is 0 Å². The summed E-state index contributed by atoms with van der Waals surface area (Å²) in [5, 5.41) is 9.96. The van der Waals surface area contributed by atoms with Crippen LogP contribution in [-0.4, -0.2) is 18.2 Å². The number of methoxy groups -OCH3 is 1. The predicted molar refractivity (Wildman–Crippen MR) is 65.9 cm³/mol. The van der Waals surface area contributed by atoms with Crippen LogP contribution in [0.1, 0.15) is 30.4 Å². The van der Waals surface area contributed by atoms with Gasteiger partial charge in [0, 0.05) is 5.02 Å². The minimum atomic E-state index is -0.767. The van der Waals surface area contributed by atoms with E-state index >= 15 is 0 Å². The average Bonchev–Trinajstić information content (AvgIpc) is 2.20. The second-order valence-corrected chi connectivity index (χ2v) is 4.96. The van der Waals surface area contributed by atoms with Crippen LogP contribution in [0.25, 0.3) is 0 Å². The SMILES string of the molecule is COc1cc(Cl)cc(C2(C(=O)O)CCC2)c1C. The van der Waals surface area contributed by atoms with Crippen molar-refractivity contribution in [2.45, 2.75) is 31.6 Å². The van der Waals surface area contributed by atoms with Crippen LogP contribution < -0.4 is 4.74 Å². The van der Waals surface area contributed by atoms with Gasteiger partial charge in [-0.1, -0.05) is 18.0 Å². The van der Waals surface area contributed by atoms with Gasteiger partial charge in [-0.2, -0.15) is 0 Å². The van der Waals surface area contributed by atoms with E-state index in [2.05, 4.69) is 0 Å². The van der Waals surface area contributed by atoms with Crippen molar-refractivity contribution in [2.24, 2.45) is 0 Å². The molecule has 2 rings (SSSR count). The Labute approximate surface area is 105 Å². The first kappa shape index (κ1) is 12.2. The van der Waals surface area contributed by atoms with E-state index < -0.39 is 11.4 Å². The van der Waals surface area contributed by atoms with Gasteiger partial charge in [0.2, 0.25) is 0 Å². The van der Waals surface area contributed by atoms with E-state index in [9.17, 15) is 9.90 Å². The molecule has 0 amide bonds. The largest absolute Gasteiger partial charge is 0.496 e. The first-order valence-corrected chi connectivity index (χ1v) is 5.97. The highest BCUT2D eigenvalue weighted by atomic mass is 35.5. The van der Waals surface area contributed by atoms with Gasteiger partial charge in [-0.15, -0.1) is 0 Å². The number of carbonyl (C=O) groups is 1. The third-order valence-electron chi connectivity index (χ3n) is 3.68. The fraction of sp³-hybridized carbons (Fsp3) is 0.462. The minimum Gasteiger partial charge on any atom is -0.496 e. The number of aliphatic carboxylic acids is 1. The second-order valence-electron chi connectivity index (χ2n) is 4.52. The van der Waals surface area contributed by atoms with Crippen molar-refractivity contribution < 1.29 is 14.6 Å². The summed E-state index contributed by atoms with van der Waals surface area (Å²) in [6.07, 6.45) is 2.29. The van der Waals surface area contributed by atoms with Crippen LogP contribution in [0, 0.1) is 6.92 Å². The van der Waals surface area contributed by atoms with Crippen LogP contribution in [0.2, 0.25) is 5.02 Å². The van der Waals surface area contributed by atoms with E-state index in [1.165, 1.54) is 0 Å². The van der Waals surface area contributed by atoms with E-state index in [0.29, 0.717) is 23.6 Å². The van der Waals surface area contributed by atoms with E-state index in [0.717, 1.165) is 17.5 Å². The number of ether oxygens (including phenoxy) is 1. The number of benzene rings is 1. The molecule has 0 radical (unpaired) electrons. The number of hydrogen-bond donors (Lipinski definition) is 1. The quantitative estimate of drug-likeness (QED) is 0.901. The molecule has 0 aromatic heterocycles. The number of carboxylic acid groups (broad SMARTS) is 1. The Hall–Kier alpha value is -1.22. The zero-order chi connectivity index (χ0) is 12.6. The van der Waals surface area contributed by atoms with Gasteiger partial charge in [0.1, 0.15) is 5.75 Å². The van der Waals surface area contributed by atoms with E-state index in [4.69, 9.17) is 16.3 Å². The summed E-state index contributed by atoms with van der Waals surface area (Å²) in [7, 11) is 1.57. The fourth-order valence-electron chi connectivity index (χ4n) is 2.49. The van der Waals surface area contributed by atoms with Crippen LogP contribution in [0.5, 0.6) is 5.75 Å². The fourth-order valence-corrected chi connectivity index (χ4v) is 2.70. The summed E-state index contributed by atoms with van der Waals surface area (Å²) in [5.41, 5.74) is 0.905. The minimum absolute atomic E-state index is 0.523. The van der Waals surface area contributed by atoms with Gasteiger partial charge in [0.25, 0.3) is 0 Å². The monoisotopic (exact) mass is 254 g/mol. The van der Waals surface area contributed by atoms with Crippen molar-refractivity contribution >= 4 is 17.6 Å². The van der Waals surface area contributed by atoms with Crippen molar-refractivity contribution in [3.63, 3.8) is 0 Å². The molecule has 0 unspecified atom stereocenters. The Kier molecular flexibility index (Phi) is 3.04. The molecule has 1 N–H and O–H groups in total. The first-order chi connectivity index (χ1) is 8.01. The van der Waals surface area contributed by atoms with Crippen LogP contribution in [-0.2, 0) is 10.2 Å². The second kappa shape index (κ2) is 4.22. The highest BCUT2D eigenvalue weighted by Crippen LogP contribution is 2.47. The van der Waals surface area contributed by atoms with Gasteiger partial charge in [-0.3, -0.25) is 4.79 Å². The summed E-state index contributed by atoms with van der Waals surface area (Å²) in [6.45, 7) is 1.88. The molecule has 1 saturated carbocycles. The first-order valence-electron chi connectivity index (χ1n) is 5.59. The topological polar surface area (TPSA) is 46.5 Å². The normalized spacial score (nSPS) is 17.4. The van der Waals surface area contributed by atoms with Gasteiger partial charge in [0.15, 0.2) is 0 Å². The average molecular weight is 255 g/mol. The van der Waals surface area contributed by atoms with Crippen molar-refractivity contribution in [1.29, 1.82) is 0 Å². The lowest BCUT2D eigenvalue weighted by atomic mass is 9.63. The van der Waals surface area contributed by atoms with Gasteiger partial charge in [-0.25, -0.2) is 0 Å². The Morgan fingerprint density at radius 2 is 2.12 bits per heavy atom. The number of carboxylic acids is 1. The molecular formula is C13H15ClO3. The molecule has 0 saturated heterocycles. The zero-order valence-corrected chi connectivity index (χ0v) is 10.7. The van der Waals surface area contributed by atoms with Crippen molar-refractivity contribution in [1.82, 2.24) is 0 Å². The van der Waals surface area contributed by atoms with E-state index in [-0.39, 0.29) is 0 Å². The predicted octanol–water partition coefficient (Wildman–Crippen LogP) is 3.16. The molecule has 17 heavy (non-hydrogen) atoms. The highest BCUT2D eigenvalue weighted by molar-refractivity contribution is 6.30. The molecule has 1 aromatic carbocycles. The Morgan fingerprint density at radius 1 is 1.47 bits per heavy atom. The zero-order valence-electron chi connectivity index (χ0n) is 9.92. The number of halogens is 1. The molecule has 0 atom stereocenters. The molecule has 1 fully saturated rings. The Balaban J connectivity index is 2.58. The van der Waals surface area contributed by atoms with Gasteiger partial charge >= 0.3 is 5.97 Å². The lowest BCUT2D eigenvalue weighted by Crippen LogP contribution is -2.42. The van der Waals surface area contributed by atoms with Crippen molar-refractivity contribution in [3.8, 4) is 5.75 Å². The molecule has 3 nitrogen and oxygen atoms in total. The van der Waals surface area contributed by atoms with Crippen LogP contribution in [0.3, 0.4) is 0 Å². The highest BCUT2D eigenvalue weighted by Gasteiger charge is 2.47. The number of hydrogen-bond acceptors (Lipinski definition) is 2. The maximum absolute atomic E-state index is 11.5. The Bertz CT molecular complexity index is 464. The Morgan fingerprint density at radius 3 is 2.53 bits per heavy atom. The molecule has 0 bridgehead atoms. The van der Waals surface area contributed by atoms with Gasteiger partial charge < -0.3 is 9.84 Å². The van der Waals surface area contributed by atoms with Gasteiger partial charge in [0.05, 0.1) is 12.5 Å². The van der Waals surface area contributed by atoms with Crippen molar-refractivity contribution in [3.05, 3.63) is 28.3 Å². The van der Waals surface area contributed by atoms with E-state index in [1.807, 2.05) is 6.92 Å². The summed E-state index contributed by atoms with van der Waals surface area (Å²) in [6, 6.07) is 3.47. The molecule has 0 aliphatic heterocycles. The number of rotatable bonds is 3. The molecule has 1 aliphatic carbocycles. The molecule has 0 spiro atoms. The van der Waals surface area contributed by atoms with Crippen LogP contribution >= 0.6 is 11.6 Å². The third-order valence-corrected chi connectivity index (χ3v) is 3.90. The molecule has 1 aromatic rings. The summed E-state index contributed by atoms with van der Waals surface area (Å²) in [4.78, 5) is 11.5.